The minimum atomic E-state index is 0.0515. The van der Waals surface area contributed by atoms with Crippen LogP contribution in [0.2, 0.25) is 0 Å². The summed E-state index contributed by atoms with van der Waals surface area (Å²) < 4.78 is 1.02. The van der Waals surface area contributed by atoms with Crippen LogP contribution in [0, 0.1) is 6.92 Å². The summed E-state index contributed by atoms with van der Waals surface area (Å²) in [7, 11) is 0. The molecule has 1 amide bonds. The highest BCUT2D eigenvalue weighted by atomic mass is 79.9. The molecule has 0 aliphatic heterocycles. The van der Waals surface area contributed by atoms with Gasteiger partial charge in [0.15, 0.2) is 0 Å². The number of carbonyl (C=O) groups is 1. The SMILES string of the molecule is Cc1cnc(CCNC(=O)Cc2ccc(Br)cc2)s1. The molecule has 0 aliphatic rings. The molecular weight excluding hydrogens is 324 g/mol. The van der Waals surface area contributed by atoms with E-state index in [0.29, 0.717) is 13.0 Å². The summed E-state index contributed by atoms with van der Waals surface area (Å²) in [4.78, 5) is 17.2. The fourth-order valence-electron chi connectivity index (χ4n) is 1.68. The molecule has 5 heteroatoms. The molecule has 3 nitrogen and oxygen atoms in total. The third-order valence-electron chi connectivity index (χ3n) is 2.61. The third kappa shape index (κ3) is 4.76. The van der Waals surface area contributed by atoms with Gasteiger partial charge in [0.1, 0.15) is 0 Å². The highest BCUT2D eigenvalue weighted by Crippen LogP contribution is 2.12. The van der Waals surface area contributed by atoms with Gasteiger partial charge in [0, 0.05) is 28.5 Å². The maximum atomic E-state index is 11.8. The lowest BCUT2D eigenvalue weighted by molar-refractivity contribution is -0.120. The van der Waals surface area contributed by atoms with Gasteiger partial charge in [0.25, 0.3) is 0 Å². The van der Waals surface area contributed by atoms with E-state index in [-0.39, 0.29) is 5.91 Å². The van der Waals surface area contributed by atoms with Crippen molar-refractivity contribution in [2.75, 3.05) is 6.54 Å². The van der Waals surface area contributed by atoms with Crippen LogP contribution in [0.1, 0.15) is 15.4 Å². The minimum Gasteiger partial charge on any atom is -0.355 e. The molecule has 0 unspecified atom stereocenters. The number of carbonyl (C=O) groups excluding carboxylic acids is 1. The van der Waals surface area contributed by atoms with Crippen molar-refractivity contribution >= 4 is 33.2 Å². The van der Waals surface area contributed by atoms with Crippen LogP contribution in [0.3, 0.4) is 0 Å². The van der Waals surface area contributed by atoms with E-state index >= 15 is 0 Å². The molecule has 0 spiro atoms. The van der Waals surface area contributed by atoms with Crippen molar-refractivity contribution in [3.63, 3.8) is 0 Å². The van der Waals surface area contributed by atoms with Crippen molar-refractivity contribution in [2.45, 2.75) is 19.8 Å². The summed E-state index contributed by atoms with van der Waals surface area (Å²) in [5.74, 6) is 0.0515. The molecule has 1 aromatic carbocycles. The largest absolute Gasteiger partial charge is 0.355 e. The Labute approximate surface area is 125 Å². The van der Waals surface area contributed by atoms with Crippen LogP contribution >= 0.6 is 27.3 Å². The molecule has 1 heterocycles. The summed E-state index contributed by atoms with van der Waals surface area (Å²) in [5, 5.41) is 3.99. The van der Waals surface area contributed by atoms with Crippen molar-refractivity contribution in [3.8, 4) is 0 Å². The number of hydrogen-bond donors (Lipinski definition) is 1. The Bertz CT molecular complexity index is 551. The van der Waals surface area contributed by atoms with Gasteiger partial charge in [0.2, 0.25) is 5.91 Å². The van der Waals surface area contributed by atoms with E-state index in [4.69, 9.17) is 0 Å². The van der Waals surface area contributed by atoms with Crippen LogP contribution in [0.15, 0.2) is 34.9 Å². The third-order valence-corrected chi connectivity index (χ3v) is 4.11. The number of aromatic nitrogens is 1. The summed E-state index contributed by atoms with van der Waals surface area (Å²) in [5.41, 5.74) is 1.02. The van der Waals surface area contributed by atoms with E-state index in [1.165, 1.54) is 4.88 Å². The van der Waals surface area contributed by atoms with Crippen molar-refractivity contribution in [3.05, 3.63) is 50.4 Å². The summed E-state index contributed by atoms with van der Waals surface area (Å²) in [6, 6.07) is 7.80. The van der Waals surface area contributed by atoms with Crippen LogP contribution in [0.25, 0.3) is 0 Å². The minimum absolute atomic E-state index is 0.0515. The second-order valence-electron chi connectivity index (χ2n) is 4.27. The molecule has 0 saturated carbocycles. The molecule has 2 aromatic rings. The highest BCUT2D eigenvalue weighted by Gasteiger charge is 2.04. The molecule has 19 heavy (non-hydrogen) atoms. The van der Waals surface area contributed by atoms with Gasteiger partial charge in [-0.1, -0.05) is 28.1 Å². The zero-order valence-electron chi connectivity index (χ0n) is 10.6. The van der Waals surface area contributed by atoms with Crippen molar-refractivity contribution in [2.24, 2.45) is 0 Å². The van der Waals surface area contributed by atoms with Gasteiger partial charge in [-0.05, 0) is 24.6 Å². The standard InChI is InChI=1S/C14H15BrN2OS/c1-10-9-17-14(19-10)6-7-16-13(18)8-11-2-4-12(15)5-3-11/h2-5,9H,6-8H2,1H3,(H,16,18). The Balaban J connectivity index is 1.74. The predicted octanol–water partition coefficient (Wildman–Crippen LogP) is 3.12. The molecule has 100 valence electrons. The molecule has 1 aromatic heterocycles. The highest BCUT2D eigenvalue weighted by molar-refractivity contribution is 9.10. The van der Waals surface area contributed by atoms with Crippen molar-refractivity contribution in [1.82, 2.24) is 10.3 Å². The van der Waals surface area contributed by atoms with Crippen molar-refractivity contribution in [1.29, 1.82) is 0 Å². The predicted molar refractivity (Wildman–Crippen MR) is 81.4 cm³/mol. The van der Waals surface area contributed by atoms with E-state index in [0.717, 1.165) is 21.5 Å². The molecule has 1 N–H and O–H groups in total. The van der Waals surface area contributed by atoms with Gasteiger partial charge in [-0.25, -0.2) is 4.98 Å². The number of benzene rings is 1. The number of nitrogens with one attached hydrogen (secondary N) is 1. The number of hydrogen-bond acceptors (Lipinski definition) is 3. The van der Waals surface area contributed by atoms with E-state index in [1.54, 1.807) is 11.3 Å². The quantitative estimate of drug-likeness (QED) is 0.909. The molecule has 0 radical (unpaired) electrons. The van der Waals surface area contributed by atoms with E-state index in [2.05, 4.69) is 26.2 Å². The molecule has 0 aliphatic carbocycles. The topological polar surface area (TPSA) is 42.0 Å². The van der Waals surface area contributed by atoms with Gasteiger partial charge in [0.05, 0.1) is 11.4 Å². The van der Waals surface area contributed by atoms with Crippen LogP contribution < -0.4 is 5.32 Å². The van der Waals surface area contributed by atoms with Gasteiger partial charge in [-0.2, -0.15) is 0 Å². The average Bonchev–Trinajstić information content (AvgIpc) is 2.78. The van der Waals surface area contributed by atoms with Gasteiger partial charge in [-0.3, -0.25) is 4.79 Å². The van der Waals surface area contributed by atoms with E-state index < -0.39 is 0 Å². The normalized spacial score (nSPS) is 10.4. The Morgan fingerprint density at radius 3 is 2.74 bits per heavy atom. The number of amides is 1. The van der Waals surface area contributed by atoms with Gasteiger partial charge in [-0.15, -0.1) is 11.3 Å². The second kappa shape index (κ2) is 6.82. The Kier molecular flexibility index (Phi) is 5.10. The first-order valence-electron chi connectivity index (χ1n) is 6.06. The van der Waals surface area contributed by atoms with Crippen molar-refractivity contribution < 1.29 is 4.79 Å². The second-order valence-corrected chi connectivity index (χ2v) is 6.50. The van der Waals surface area contributed by atoms with E-state index in [1.807, 2.05) is 37.4 Å². The fourth-order valence-corrected chi connectivity index (χ4v) is 2.73. The maximum absolute atomic E-state index is 11.8. The van der Waals surface area contributed by atoms with Gasteiger partial charge < -0.3 is 5.32 Å². The molecule has 0 bridgehead atoms. The zero-order chi connectivity index (χ0) is 13.7. The van der Waals surface area contributed by atoms with Crippen LogP contribution in [-0.2, 0) is 17.6 Å². The Morgan fingerprint density at radius 1 is 1.37 bits per heavy atom. The number of thiazole rings is 1. The smallest absolute Gasteiger partial charge is 0.224 e. The summed E-state index contributed by atoms with van der Waals surface area (Å²) in [6.45, 7) is 2.68. The lowest BCUT2D eigenvalue weighted by Gasteiger charge is -2.04. The lowest BCUT2D eigenvalue weighted by atomic mass is 10.1. The first-order chi connectivity index (χ1) is 9.13. The number of rotatable bonds is 5. The Hall–Kier alpha value is -1.20. The maximum Gasteiger partial charge on any atom is 0.224 e. The molecule has 2 rings (SSSR count). The molecule has 0 fully saturated rings. The first-order valence-corrected chi connectivity index (χ1v) is 7.67. The van der Waals surface area contributed by atoms with Crippen LogP contribution in [0.4, 0.5) is 0 Å². The zero-order valence-corrected chi connectivity index (χ0v) is 13.1. The van der Waals surface area contributed by atoms with Crippen LogP contribution in [0.5, 0.6) is 0 Å². The summed E-state index contributed by atoms with van der Waals surface area (Å²) >= 11 is 5.05. The molecule has 0 atom stereocenters. The molecular formula is C14H15BrN2OS. The fraction of sp³-hybridized carbons (Fsp3) is 0.286. The summed E-state index contributed by atoms with van der Waals surface area (Å²) in [6.07, 6.45) is 3.08. The van der Waals surface area contributed by atoms with Crippen LogP contribution in [-0.4, -0.2) is 17.4 Å². The Morgan fingerprint density at radius 2 is 2.11 bits per heavy atom. The first kappa shape index (κ1) is 14.2. The number of nitrogens with zero attached hydrogens (tertiary/aromatic N) is 1. The monoisotopic (exact) mass is 338 g/mol. The lowest BCUT2D eigenvalue weighted by Crippen LogP contribution is -2.27. The molecule has 0 saturated heterocycles. The van der Waals surface area contributed by atoms with E-state index in [9.17, 15) is 4.79 Å². The number of aryl methyl sites for hydroxylation is 1. The number of halogens is 1. The average molecular weight is 339 g/mol. The van der Waals surface area contributed by atoms with Gasteiger partial charge >= 0.3 is 0 Å².